The van der Waals surface area contributed by atoms with E-state index in [1.54, 1.807) is 16.0 Å². The van der Waals surface area contributed by atoms with E-state index in [-0.39, 0.29) is 11.9 Å². The molecule has 0 radical (unpaired) electrons. The van der Waals surface area contributed by atoms with Crippen molar-refractivity contribution in [3.8, 4) is 0 Å². The lowest BCUT2D eigenvalue weighted by atomic mass is 10.1. The molecule has 1 fully saturated rings. The van der Waals surface area contributed by atoms with Gasteiger partial charge in [0, 0.05) is 25.8 Å². The van der Waals surface area contributed by atoms with Gasteiger partial charge in [0.15, 0.2) is 0 Å². The van der Waals surface area contributed by atoms with Crippen molar-refractivity contribution < 1.29 is 4.79 Å². The van der Waals surface area contributed by atoms with Crippen LogP contribution in [0.1, 0.15) is 26.8 Å². The van der Waals surface area contributed by atoms with Crippen LogP contribution in [0.2, 0.25) is 0 Å². The van der Waals surface area contributed by atoms with Crippen LogP contribution in [-0.4, -0.2) is 45.0 Å². The van der Waals surface area contributed by atoms with Crippen molar-refractivity contribution in [3.05, 3.63) is 22.0 Å². The Hall–Kier alpha value is -1.96. The van der Waals surface area contributed by atoms with E-state index in [0.717, 1.165) is 34.6 Å². The van der Waals surface area contributed by atoms with Crippen LogP contribution < -0.4 is 10.2 Å². The van der Waals surface area contributed by atoms with Gasteiger partial charge in [-0.05, 0) is 20.8 Å². The summed E-state index contributed by atoms with van der Waals surface area (Å²) < 4.78 is 1.74. The normalized spacial score (nSPS) is 15.1. The highest BCUT2D eigenvalue weighted by atomic mass is 32.1. The number of nitrogens with zero attached hydrogens (tertiary/aromatic N) is 5. The van der Waals surface area contributed by atoms with Crippen LogP contribution in [-0.2, 0) is 7.05 Å². The molecule has 0 spiro atoms. The second-order valence-corrected chi connectivity index (χ2v) is 6.51. The van der Waals surface area contributed by atoms with E-state index in [9.17, 15) is 4.79 Å². The maximum absolute atomic E-state index is 12.3. The largest absolute Gasteiger partial charge is 0.346 e. The van der Waals surface area contributed by atoms with Gasteiger partial charge in [-0.25, -0.2) is 0 Å². The monoisotopic (exact) mass is 306 g/mol. The average molecular weight is 306 g/mol. The van der Waals surface area contributed by atoms with Crippen molar-refractivity contribution in [2.24, 2.45) is 7.05 Å². The summed E-state index contributed by atoms with van der Waals surface area (Å²) in [7, 11) is 1.85. The first kappa shape index (κ1) is 14.0. The molecule has 1 saturated heterocycles. The van der Waals surface area contributed by atoms with E-state index >= 15 is 0 Å². The molecule has 0 aromatic carbocycles. The number of anilines is 1. The molecule has 3 heterocycles. The predicted molar refractivity (Wildman–Crippen MR) is 80.8 cm³/mol. The number of carbonyl (C=O) groups excluding carboxylic acids is 1. The molecule has 1 aliphatic heterocycles. The molecule has 7 nitrogen and oxygen atoms in total. The minimum Gasteiger partial charge on any atom is -0.346 e. The Morgan fingerprint density at radius 2 is 2.00 bits per heavy atom. The maximum atomic E-state index is 12.3. The lowest BCUT2D eigenvalue weighted by molar-refractivity contribution is 0.0929. The highest BCUT2D eigenvalue weighted by Gasteiger charge is 2.31. The maximum Gasteiger partial charge on any atom is 0.255 e. The molecule has 2 aromatic rings. The molecule has 0 saturated carbocycles. The molecular weight excluding hydrogens is 288 g/mol. The van der Waals surface area contributed by atoms with Crippen LogP contribution in [0.4, 0.5) is 5.13 Å². The number of hydrogen-bond acceptors (Lipinski definition) is 6. The van der Waals surface area contributed by atoms with Crippen LogP contribution in [0.25, 0.3) is 0 Å². The van der Waals surface area contributed by atoms with Crippen LogP contribution in [0, 0.1) is 20.8 Å². The Balaban J connectivity index is 1.60. The van der Waals surface area contributed by atoms with Gasteiger partial charge in [-0.3, -0.25) is 9.48 Å². The van der Waals surface area contributed by atoms with E-state index in [2.05, 4.69) is 25.5 Å². The molecule has 1 N–H and O–H groups in total. The van der Waals surface area contributed by atoms with Crippen LogP contribution in [0.3, 0.4) is 0 Å². The van der Waals surface area contributed by atoms with Gasteiger partial charge in [0.05, 0.1) is 17.3 Å². The summed E-state index contributed by atoms with van der Waals surface area (Å²) in [6.45, 7) is 7.26. The Bertz CT molecular complexity index is 685. The Morgan fingerprint density at radius 3 is 2.52 bits per heavy atom. The average Bonchev–Trinajstić information content (AvgIpc) is 2.88. The summed E-state index contributed by atoms with van der Waals surface area (Å²) in [5.41, 5.74) is 2.34. The van der Waals surface area contributed by atoms with Gasteiger partial charge in [-0.15, -0.1) is 10.2 Å². The zero-order chi connectivity index (χ0) is 15.1. The van der Waals surface area contributed by atoms with Crippen molar-refractivity contribution in [1.29, 1.82) is 0 Å². The molecule has 1 aliphatic rings. The molecule has 1 amide bonds. The first-order valence-corrected chi connectivity index (χ1v) is 7.63. The molecule has 3 rings (SSSR count). The van der Waals surface area contributed by atoms with Gasteiger partial charge in [0.25, 0.3) is 5.91 Å². The molecular formula is C13H18N6OS. The van der Waals surface area contributed by atoms with Gasteiger partial charge in [-0.1, -0.05) is 11.3 Å². The van der Waals surface area contributed by atoms with E-state index in [4.69, 9.17) is 0 Å². The Kier molecular flexibility index (Phi) is 3.40. The Labute approximate surface area is 127 Å². The van der Waals surface area contributed by atoms with E-state index in [1.165, 1.54) is 0 Å². The van der Waals surface area contributed by atoms with Gasteiger partial charge >= 0.3 is 0 Å². The lowest BCUT2D eigenvalue weighted by Gasteiger charge is -2.39. The summed E-state index contributed by atoms with van der Waals surface area (Å²) in [6, 6.07) is 0.153. The summed E-state index contributed by atoms with van der Waals surface area (Å²) in [4.78, 5) is 14.5. The van der Waals surface area contributed by atoms with Crippen molar-refractivity contribution in [2.75, 3.05) is 18.0 Å². The summed E-state index contributed by atoms with van der Waals surface area (Å²) in [5.74, 6) is -0.0452. The van der Waals surface area contributed by atoms with E-state index < -0.39 is 0 Å². The number of aromatic nitrogens is 4. The zero-order valence-corrected chi connectivity index (χ0v) is 13.4. The minimum absolute atomic E-state index is 0.0452. The van der Waals surface area contributed by atoms with E-state index in [1.807, 2.05) is 27.8 Å². The smallest absolute Gasteiger partial charge is 0.255 e. The third kappa shape index (κ3) is 2.51. The van der Waals surface area contributed by atoms with Gasteiger partial charge in [0.2, 0.25) is 5.13 Å². The zero-order valence-electron chi connectivity index (χ0n) is 12.5. The quantitative estimate of drug-likeness (QED) is 0.908. The van der Waals surface area contributed by atoms with Crippen molar-refractivity contribution in [3.63, 3.8) is 0 Å². The third-order valence-electron chi connectivity index (χ3n) is 3.74. The number of aryl methyl sites for hydroxylation is 3. The summed E-state index contributed by atoms with van der Waals surface area (Å²) >= 11 is 1.57. The van der Waals surface area contributed by atoms with Crippen LogP contribution >= 0.6 is 11.3 Å². The van der Waals surface area contributed by atoms with Crippen LogP contribution in [0.15, 0.2) is 0 Å². The number of rotatable bonds is 3. The van der Waals surface area contributed by atoms with Gasteiger partial charge in [-0.2, -0.15) is 5.10 Å². The molecule has 8 heteroatoms. The Morgan fingerprint density at radius 1 is 1.29 bits per heavy atom. The van der Waals surface area contributed by atoms with Crippen LogP contribution in [0.5, 0.6) is 0 Å². The van der Waals surface area contributed by atoms with Gasteiger partial charge in [0.1, 0.15) is 5.01 Å². The van der Waals surface area contributed by atoms with Gasteiger partial charge < -0.3 is 10.2 Å². The van der Waals surface area contributed by atoms with Crippen molar-refractivity contribution in [2.45, 2.75) is 26.8 Å². The topological polar surface area (TPSA) is 75.9 Å². The minimum atomic E-state index is -0.0452. The molecule has 21 heavy (non-hydrogen) atoms. The van der Waals surface area contributed by atoms with E-state index in [0.29, 0.717) is 5.56 Å². The predicted octanol–water partition coefficient (Wildman–Crippen LogP) is 0.815. The fourth-order valence-corrected chi connectivity index (χ4v) is 3.21. The third-order valence-corrected chi connectivity index (χ3v) is 4.64. The molecule has 0 aliphatic carbocycles. The number of carbonyl (C=O) groups is 1. The second kappa shape index (κ2) is 5.10. The SMILES string of the molecule is Cc1nnc(N2CC(NC(=O)c3c(C)nn(C)c3C)C2)s1. The van der Waals surface area contributed by atoms with Crippen molar-refractivity contribution in [1.82, 2.24) is 25.3 Å². The second-order valence-electron chi connectivity index (χ2n) is 5.35. The molecule has 0 bridgehead atoms. The first-order chi connectivity index (χ1) is 9.95. The molecule has 0 unspecified atom stereocenters. The summed E-state index contributed by atoms with van der Waals surface area (Å²) in [6.07, 6.45) is 0. The highest BCUT2D eigenvalue weighted by Crippen LogP contribution is 2.24. The molecule has 0 atom stereocenters. The number of hydrogen-bond donors (Lipinski definition) is 1. The fraction of sp³-hybridized carbons (Fsp3) is 0.538. The fourth-order valence-electron chi connectivity index (χ4n) is 2.50. The highest BCUT2D eigenvalue weighted by molar-refractivity contribution is 7.15. The molecule has 112 valence electrons. The number of nitrogens with one attached hydrogen (secondary N) is 1. The summed E-state index contributed by atoms with van der Waals surface area (Å²) in [5, 5.41) is 17.3. The first-order valence-electron chi connectivity index (χ1n) is 6.82. The lowest BCUT2D eigenvalue weighted by Crippen LogP contribution is -2.59. The molecule has 2 aromatic heterocycles. The standard InChI is InChI=1S/C13H18N6OS/c1-7-11(8(2)18(4)17-7)12(20)14-10-5-19(6-10)13-16-15-9(3)21-13/h10H,5-6H2,1-4H3,(H,14,20). The number of amides is 1. The van der Waals surface area contributed by atoms with Crippen molar-refractivity contribution >= 4 is 22.4 Å².